The van der Waals surface area contributed by atoms with Crippen molar-refractivity contribution < 1.29 is 9.84 Å². The van der Waals surface area contributed by atoms with Crippen LogP contribution in [0.4, 0.5) is 0 Å². The summed E-state index contributed by atoms with van der Waals surface area (Å²) in [5, 5.41) is 9.48. The van der Waals surface area contributed by atoms with E-state index in [1.165, 1.54) is 0 Å². The highest BCUT2D eigenvalue weighted by molar-refractivity contribution is 5.18. The summed E-state index contributed by atoms with van der Waals surface area (Å²) in [5.74, 6) is 1.04. The summed E-state index contributed by atoms with van der Waals surface area (Å²) in [6.07, 6.45) is -0.754. The molecule has 3 N–H and O–H groups in total. The second-order valence-electron chi connectivity index (χ2n) is 2.86. The van der Waals surface area contributed by atoms with Crippen molar-refractivity contribution in [2.45, 2.75) is 20.0 Å². The number of hydrogen-bond donors (Lipinski definition) is 2. The molecule has 1 aromatic rings. The summed E-state index contributed by atoms with van der Waals surface area (Å²) in [5.41, 5.74) is 5.83. The SMILES string of the molecule is CCOc1cc(C(O)CN)nc(C)n1. The molecule has 5 nitrogen and oxygen atoms in total. The third kappa shape index (κ3) is 2.65. The molecule has 0 radical (unpaired) electrons. The van der Waals surface area contributed by atoms with Crippen LogP contribution in [0, 0.1) is 6.92 Å². The Morgan fingerprint density at radius 3 is 2.86 bits per heavy atom. The Hall–Kier alpha value is -1.20. The van der Waals surface area contributed by atoms with Gasteiger partial charge in [0, 0.05) is 12.6 Å². The van der Waals surface area contributed by atoms with Gasteiger partial charge in [-0.3, -0.25) is 0 Å². The summed E-state index contributed by atoms with van der Waals surface area (Å²) in [4.78, 5) is 8.12. The number of ether oxygens (including phenoxy) is 1. The Morgan fingerprint density at radius 1 is 1.57 bits per heavy atom. The third-order valence-corrected chi connectivity index (χ3v) is 1.69. The fourth-order valence-electron chi connectivity index (χ4n) is 1.08. The van der Waals surface area contributed by atoms with Gasteiger partial charge in [-0.2, -0.15) is 4.98 Å². The zero-order valence-corrected chi connectivity index (χ0v) is 8.40. The molecule has 0 fully saturated rings. The molecular weight excluding hydrogens is 182 g/mol. The molecule has 0 amide bonds. The lowest BCUT2D eigenvalue weighted by atomic mass is 10.2. The van der Waals surface area contributed by atoms with Crippen molar-refractivity contribution in [3.8, 4) is 5.88 Å². The van der Waals surface area contributed by atoms with Crippen LogP contribution in [0.3, 0.4) is 0 Å². The van der Waals surface area contributed by atoms with E-state index >= 15 is 0 Å². The fraction of sp³-hybridized carbons (Fsp3) is 0.556. The van der Waals surface area contributed by atoms with E-state index in [1.807, 2.05) is 6.92 Å². The number of aromatic nitrogens is 2. The maximum absolute atomic E-state index is 9.48. The quantitative estimate of drug-likeness (QED) is 0.719. The third-order valence-electron chi connectivity index (χ3n) is 1.69. The first-order valence-corrected chi connectivity index (χ1v) is 4.54. The van der Waals surface area contributed by atoms with Crippen LogP contribution in [0.5, 0.6) is 5.88 Å². The van der Waals surface area contributed by atoms with Gasteiger partial charge in [0.1, 0.15) is 11.9 Å². The van der Waals surface area contributed by atoms with Crippen LogP contribution >= 0.6 is 0 Å². The van der Waals surface area contributed by atoms with Gasteiger partial charge in [0.2, 0.25) is 5.88 Å². The van der Waals surface area contributed by atoms with E-state index in [1.54, 1.807) is 13.0 Å². The van der Waals surface area contributed by atoms with Crippen molar-refractivity contribution in [1.29, 1.82) is 0 Å². The highest BCUT2D eigenvalue weighted by atomic mass is 16.5. The maximum atomic E-state index is 9.48. The van der Waals surface area contributed by atoms with Gasteiger partial charge >= 0.3 is 0 Å². The van der Waals surface area contributed by atoms with Crippen LogP contribution in [0.15, 0.2) is 6.07 Å². The van der Waals surface area contributed by atoms with Crippen LogP contribution in [0.25, 0.3) is 0 Å². The van der Waals surface area contributed by atoms with E-state index < -0.39 is 6.10 Å². The minimum atomic E-state index is -0.754. The lowest BCUT2D eigenvalue weighted by Gasteiger charge is -2.09. The molecule has 5 heteroatoms. The molecule has 0 aliphatic rings. The van der Waals surface area contributed by atoms with Gasteiger partial charge in [-0.1, -0.05) is 0 Å². The van der Waals surface area contributed by atoms with Crippen molar-refractivity contribution in [2.75, 3.05) is 13.2 Å². The number of aryl methyl sites for hydroxylation is 1. The summed E-state index contributed by atoms with van der Waals surface area (Å²) < 4.78 is 5.22. The Bertz CT molecular complexity index is 304. The standard InChI is InChI=1S/C9H15N3O2/c1-3-14-9-4-7(8(13)5-10)11-6(2)12-9/h4,8,13H,3,5,10H2,1-2H3. The summed E-state index contributed by atoms with van der Waals surface area (Å²) in [6, 6.07) is 1.61. The molecule has 0 aliphatic heterocycles. The summed E-state index contributed by atoms with van der Waals surface area (Å²) in [6.45, 7) is 4.29. The van der Waals surface area contributed by atoms with E-state index in [2.05, 4.69) is 9.97 Å². The second kappa shape index (κ2) is 4.88. The van der Waals surface area contributed by atoms with E-state index in [9.17, 15) is 5.11 Å². The average molecular weight is 197 g/mol. The molecule has 1 atom stereocenters. The lowest BCUT2D eigenvalue weighted by molar-refractivity contribution is 0.180. The topological polar surface area (TPSA) is 81.3 Å². The molecule has 1 unspecified atom stereocenters. The highest BCUT2D eigenvalue weighted by Gasteiger charge is 2.09. The molecule has 78 valence electrons. The Labute approximate surface area is 82.9 Å². The fourth-order valence-corrected chi connectivity index (χ4v) is 1.08. The first-order chi connectivity index (χ1) is 6.67. The largest absolute Gasteiger partial charge is 0.478 e. The monoisotopic (exact) mass is 197 g/mol. The minimum absolute atomic E-state index is 0.141. The molecule has 0 saturated heterocycles. The summed E-state index contributed by atoms with van der Waals surface area (Å²) >= 11 is 0. The zero-order chi connectivity index (χ0) is 10.6. The molecule has 0 bridgehead atoms. The Morgan fingerprint density at radius 2 is 2.29 bits per heavy atom. The second-order valence-corrected chi connectivity index (χ2v) is 2.86. The molecule has 0 saturated carbocycles. The van der Waals surface area contributed by atoms with Crippen molar-refractivity contribution in [3.63, 3.8) is 0 Å². The van der Waals surface area contributed by atoms with E-state index in [4.69, 9.17) is 10.5 Å². The number of aliphatic hydroxyl groups is 1. The minimum Gasteiger partial charge on any atom is -0.478 e. The van der Waals surface area contributed by atoms with E-state index in [0.29, 0.717) is 24.0 Å². The van der Waals surface area contributed by atoms with Gasteiger partial charge in [0.25, 0.3) is 0 Å². The molecule has 0 spiro atoms. The van der Waals surface area contributed by atoms with Gasteiger partial charge in [-0.15, -0.1) is 0 Å². The number of rotatable bonds is 4. The van der Waals surface area contributed by atoms with Gasteiger partial charge in [0.05, 0.1) is 12.3 Å². The van der Waals surface area contributed by atoms with Gasteiger partial charge in [0.15, 0.2) is 0 Å². The van der Waals surface area contributed by atoms with Crippen LogP contribution < -0.4 is 10.5 Å². The van der Waals surface area contributed by atoms with Gasteiger partial charge < -0.3 is 15.6 Å². The Balaban J connectivity index is 2.94. The lowest BCUT2D eigenvalue weighted by Crippen LogP contribution is -2.14. The van der Waals surface area contributed by atoms with Crippen LogP contribution in [0.2, 0.25) is 0 Å². The van der Waals surface area contributed by atoms with Crippen molar-refractivity contribution in [1.82, 2.24) is 9.97 Å². The van der Waals surface area contributed by atoms with Crippen molar-refractivity contribution in [2.24, 2.45) is 5.73 Å². The number of aliphatic hydroxyl groups excluding tert-OH is 1. The molecule has 1 rings (SSSR count). The molecule has 0 aromatic carbocycles. The van der Waals surface area contributed by atoms with E-state index in [0.717, 1.165) is 0 Å². The molecule has 0 aliphatic carbocycles. The smallest absolute Gasteiger partial charge is 0.216 e. The van der Waals surface area contributed by atoms with Crippen molar-refractivity contribution >= 4 is 0 Å². The van der Waals surface area contributed by atoms with Crippen molar-refractivity contribution in [3.05, 3.63) is 17.6 Å². The molecular formula is C9H15N3O2. The summed E-state index contributed by atoms with van der Waals surface area (Å²) in [7, 11) is 0. The number of nitrogens with zero attached hydrogens (tertiary/aromatic N) is 2. The zero-order valence-electron chi connectivity index (χ0n) is 8.40. The van der Waals surface area contributed by atoms with Gasteiger partial charge in [-0.25, -0.2) is 4.98 Å². The van der Waals surface area contributed by atoms with Gasteiger partial charge in [-0.05, 0) is 13.8 Å². The first kappa shape index (κ1) is 10.9. The molecule has 1 aromatic heterocycles. The Kier molecular flexibility index (Phi) is 3.79. The predicted molar refractivity (Wildman–Crippen MR) is 52.0 cm³/mol. The average Bonchev–Trinajstić information content (AvgIpc) is 2.16. The normalized spacial score (nSPS) is 12.6. The molecule has 1 heterocycles. The van der Waals surface area contributed by atoms with Crippen LogP contribution in [-0.4, -0.2) is 28.2 Å². The molecule has 14 heavy (non-hydrogen) atoms. The number of nitrogens with two attached hydrogens (primary N) is 1. The predicted octanol–water partition coefficient (Wildman–Crippen LogP) is 0.176. The number of hydrogen-bond acceptors (Lipinski definition) is 5. The maximum Gasteiger partial charge on any atom is 0.216 e. The first-order valence-electron chi connectivity index (χ1n) is 4.54. The highest BCUT2D eigenvalue weighted by Crippen LogP contribution is 2.14. The van der Waals surface area contributed by atoms with Crippen LogP contribution in [-0.2, 0) is 0 Å². The van der Waals surface area contributed by atoms with Crippen LogP contribution in [0.1, 0.15) is 24.5 Å². The van der Waals surface area contributed by atoms with E-state index in [-0.39, 0.29) is 6.54 Å².